The van der Waals surface area contributed by atoms with E-state index in [1.807, 2.05) is 9.62 Å². The van der Waals surface area contributed by atoms with Gasteiger partial charge in [-0.05, 0) is 49.6 Å². The van der Waals surface area contributed by atoms with Gasteiger partial charge in [-0.25, -0.2) is 12.8 Å². The lowest BCUT2D eigenvalue weighted by atomic mass is 10.0. The van der Waals surface area contributed by atoms with E-state index in [9.17, 15) is 37.6 Å². The molecule has 14 nitrogen and oxygen atoms in total. The van der Waals surface area contributed by atoms with Crippen molar-refractivity contribution in [3.05, 3.63) is 64.0 Å². The van der Waals surface area contributed by atoms with E-state index in [0.29, 0.717) is 18.8 Å². The molecule has 0 aliphatic carbocycles. The molecular formula is C25H30FN7O7S. The van der Waals surface area contributed by atoms with Crippen molar-refractivity contribution in [1.82, 2.24) is 20.7 Å². The summed E-state index contributed by atoms with van der Waals surface area (Å²) in [6, 6.07) is 6.26. The Bertz CT molecular complexity index is 1430. The van der Waals surface area contributed by atoms with Crippen LogP contribution in [0.3, 0.4) is 0 Å². The number of carbonyl (C=O) groups is 2. The predicted octanol–water partition coefficient (Wildman–Crippen LogP) is 0.803. The molecule has 0 radical (unpaired) electrons. The van der Waals surface area contributed by atoms with Crippen molar-refractivity contribution in [3.8, 4) is 0 Å². The van der Waals surface area contributed by atoms with E-state index in [0.717, 1.165) is 68.6 Å². The summed E-state index contributed by atoms with van der Waals surface area (Å²) in [5.41, 5.74) is -0.0627. The average molecular weight is 592 g/mol. The molecule has 2 aromatic rings. The summed E-state index contributed by atoms with van der Waals surface area (Å²) in [4.78, 5) is 40.3. The van der Waals surface area contributed by atoms with Gasteiger partial charge in [0.15, 0.2) is 5.96 Å². The van der Waals surface area contributed by atoms with Gasteiger partial charge >= 0.3 is 5.97 Å². The van der Waals surface area contributed by atoms with Gasteiger partial charge in [0.1, 0.15) is 11.9 Å². The summed E-state index contributed by atoms with van der Waals surface area (Å²) < 4.78 is 42.1. The molecule has 2 aromatic carbocycles. The number of non-ortho nitro benzene ring substituents is 1. The number of aliphatic carboxylic acids is 1. The Hall–Kier alpha value is -4.31. The predicted molar refractivity (Wildman–Crippen MR) is 147 cm³/mol. The minimum atomic E-state index is -4.38. The molecule has 1 fully saturated rings. The van der Waals surface area contributed by atoms with Crippen LogP contribution in [0, 0.1) is 15.9 Å². The van der Waals surface area contributed by atoms with Crippen LogP contribution in [-0.4, -0.2) is 81.1 Å². The van der Waals surface area contributed by atoms with Crippen LogP contribution in [0.2, 0.25) is 0 Å². The average Bonchev–Trinajstić information content (AvgIpc) is 2.96. The number of guanidine groups is 1. The summed E-state index contributed by atoms with van der Waals surface area (Å²) in [7, 11) is -4.38. The van der Waals surface area contributed by atoms with Gasteiger partial charge in [0.2, 0.25) is 10.0 Å². The molecule has 41 heavy (non-hydrogen) atoms. The third kappa shape index (κ3) is 7.67. The summed E-state index contributed by atoms with van der Waals surface area (Å²) in [6.45, 7) is 2.23. The third-order valence-corrected chi connectivity index (χ3v) is 8.19. The quantitative estimate of drug-likeness (QED) is 0.195. The molecule has 220 valence electrons. The Labute approximate surface area is 235 Å². The molecule has 2 aliphatic heterocycles. The van der Waals surface area contributed by atoms with Crippen molar-refractivity contribution < 1.29 is 32.4 Å². The fourth-order valence-electron chi connectivity index (χ4n) is 4.47. The highest BCUT2D eigenvalue weighted by molar-refractivity contribution is 7.89. The van der Waals surface area contributed by atoms with Crippen LogP contribution in [0.15, 0.2) is 52.4 Å². The van der Waals surface area contributed by atoms with E-state index in [1.54, 1.807) is 0 Å². The molecule has 2 aliphatic rings. The number of nitro benzene ring substituents is 1. The number of benzene rings is 2. The van der Waals surface area contributed by atoms with Gasteiger partial charge in [-0.2, -0.15) is 4.72 Å². The van der Waals surface area contributed by atoms with Gasteiger partial charge in [-0.15, -0.1) is 0 Å². The highest BCUT2D eigenvalue weighted by Gasteiger charge is 2.27. The SMILES string of the molecule is O=C(NC[C@H](NS(=O)(=O)c1ccc([N+](=O)[O-])cc1)C(=O)O)c1ccc(N2CCC(NC3=NCCCN3)CC2)c(F)c1. The first kappa shape index (κ1) is 29.7. The van der Waals surface area contributed by atoms with Crippen LogP contribution in [0.4, 0.5) is 15.8 Å². The topological polar surface area (TPSA) is 195 Å². The maximum absolute atomic E-state index is 15.0. The van der Waals surface area contributed by atoms with Gasteiger partial charge in [0, 0.05) is 56.5 Å². The monoisotopic (exact) mass is 591 g/mol. The molecule has 0 aromatic heterocycles. The van der Waals surface area contributed by atoms with Crippen LogP contribution in [0.1, 0.15) is 29.6 Å². The number of hydrogen-bond acceptors (Lipinski definition) is 10. The first-order valence-corrected chi connectivity index (χ1v) is 14.4. The van der Waals surface area contributed by atoms with E-state index in [2.05, 4.69) is 20.9 Å². The minimum absolute atomic E-state index is 0.0634. The number of halogens is 1. The Morgan fingerprint density at radius 3 is 2.49 bits per heavy atom. The fourth-order valence-corrected chi connectivity index (χ4v) is 5.66. The third-order valence-electron chi connectivity index (χ3n) is 6.70. The largest absolute Gasteiger partial charge is 0.480 e. The van der Waals surface area contributed by atoms with E-state index in [1.165, 1.54) is 12.1 Å². The number of aliphatic imine (C=N–C) groups is 1. The molecular weight excluding hydrogens is 561 g/mol. The zero-order valence-electron chi connectivity index (χ0n) is 21.9. The number of carboxylic acid groups (broad SMARTS) is 1. The lowest BCUT2D eigenvalue weighted by Crippen LogP contribution is -2.50. The van der Waals surface area contributed by atoms with E-state index in [4.69, 9.17) is 0 Å². The maximum Gasteiger partial charge on any atom is 0.323 e. The maximum atomic E-state index is 15.0. The van der Waals surface area contributed by atoms with Crippen LogP contribution in [0.5, 0.6) is 0 Å². The molecule has 1 atom stereocenters. The molecule has 5 N–H and O–H groups in total. The molecule has 4 rings (SSSR count). The van der Waals surface area contributed by atoms with Crippen molar-refractivity contribution >= 4 is 39.2 Å². The number of carboxylic acids is 1. The van der Waals surface area contributed by atoms with Crippen molar-refractivity contribution in [3.63, 3.8) is 0 Å². The first-order chi connectivity index (χ1) is 19.5. The first-order valence-electron chi connectivity index (χ1n) is 12.9. The second kappa shape index (κ2) is 12.9. The number of nitrogens with zero attached hydrogens (tertiary/aromatic N) is 3. The molecule has 0 bridgehead atoms. The summed E-state index contributed by atoms with van der Waals surface area (Å²) >= 11 is 0. The zero-order valence-corrected chi connectivity index (χ0v) is 22.7. The second-order valence-corrected chi connectivity index (χ2v) is 11.3. The standard InChI is InChI=1S/C25H30FN7O7S/c26-20-14-16(2-7-22(20)32-12-8-17(9-13-32)30-25-27-10-1-11-28-25)23(34)29-15-21(24(35)36)31-41(39,40)19-5-3-18(4-6-19)33(37)38/h2-7,14,17,21,31H,1,8-13,15H2,(H,29,34)(H,35,36)(H2,27,28,30)/t21-/m0/s1. The van der Waals surface area contributed by atoms with Crippen molar-refractivity contribution in [1.29, 1.82) is 0 Å². The highest BCUT2D eigenvalue weighted by atomic mass is 32.2. The number of sulfonamides is 1. The Balaban J connectivity index is 1.32. The summed E-state index contributed by atoms with van der Waals surface area (Å²) in [5.74, 6) is -2.18. The lowest BCUT2D eigenvalue weighted by Gasteiger charge is -2.35. The molecule has 16 heteroatoms. The molecule has 1 amide bonds. The van der Waals surface area contributed by atoms with Crippen molar-refractivity contribution in [2.45, 2.75) is 36.2 Å². The van der Waals surface area contributed by atoms with Crippen LogP contribution in [0.25, 0.3) is 0 Å². The number of hydrogen-bond donors (Lipinski definition) is 5. The highest BCUT2D eigenvalue weighted by Crippen LogP contribution is 2.24. The van der Waals surface area contributed by atoms with Crippen LogP contribution in [-0.2, 0) is 14.8 Å². The minimum Gasteiger partial charge on any atom is -0.480 e. The fraction of sp³-hybridized carbons (Fsp3) is 0.400. The van der Waals surface area contributed by atoms with E-state index < -0.39 is 50.1 Å². The van der Waals surface area contributed by atoms with Crippen LogP contribution < -0.4 is 25.6 Å². The van der Waals surface area contributed by atoms with Gasteiger partial charge in [0.05, 0.1) is 15.5 Å². The zero-order chi connectivity index (χ0) is 29.6. The van der Waals surface area contributed by atoms with Crippen molar-refractivity contribution in [2.75, 3.05) is 37.6 Å². The number of nitrogens with one attached hydrogen (secondary N) is 4. The molecule has 0 spiro atoms. The molecule has 0 unspecified atom stereocenters. The Morgan fingerprint density at radius 1 is 1.20 bits per heavy atom. The van der Waals surface area contributed by atoms with Crippen molar-refractivity contribution in [2.24, 2.45) is 4.99 Å². The number of nitro groups is 1. The molecule has 1 saturated heterocycles. The van der Waals surface area contributed by atoms with E-state index in [-0.39, 0.29) is 17.3 Å². The summed E-state index contributed by atoms with van der Waals surface area (Å²) in [5, 5.41) is 29.2. The smallest absolute Gasteiger partial charge is 0.323 e. The number of rotatable bonds is 10. The number of carbonyl (C=O) groups excluding carboxylic acids is 1. The number of amides is 1. The van der Waals surface area contributed by atoms with Gasteiger partial charge in [0.25, 0.3) is 11.6 Å². The second-order valence-electron chi connectivity index (χ2n) is 9.56. The molecule has 2 heterocycles. The Morgan fingerprint density at radius 2 is 1.90 bits per heavy atom. The number of piperidine rings is 1. The molecule has 0 saturated carbocycles. The van der Waals surface area contributed by atoms with Gasteiger partial charge in [-0.1, -0.05) is 0 Å². The summed E-state index contributed by atoms with van der Waals surface area (Å²) in [6.07, 6.45) is 2.55. The number of anilines is 1. The van der Waals surface area contributed by atoms with E-state index >= 15 is 0 Å². The van der Waals surface area contributed by atoms with Gasteiger partial charge in [-0.3, -0.25) is 24.7 Å². The van der Waals surface area contributed by atoms with Crippen LogP contribution >= 0.6 is 0 Å². The lowest BCUT2D eigenvalue weighted by molar-refractivity contribution is -0.384. The van der Waals surface area contributed by atoms with Gasteiger partial charge < -0.3 is 26.0 Å². The Kier molecular flexibility index (Phi) is 9.34. The normalized spacial score (nSPS) is 16.7.